The zero-order chi connectivity index (χ0) is 23.7. The number of aryl methyl sites for hydroxylation is 1. The average Bonchev–Trinajstić information content (AvgIpc) is 3.44. The number of non-ortho nitro benzene ring substituents is 1. The van der Waals surface area contributed by atoms with E-state index in [0.29, 0.717) is 22.3 Å². The summed E-state index contributed by atoms with van der Waals surface area (Å²) < 4.78 is 2.14. The van der Waals surface area contributed by atoms with Gasteiger partial charge in [-0.05, 0) is 53.9 Å². The first-order valence-corrected chi connectivity index (χ1v) is 12.1. The third-order valence-electron chi connectivity index (χ3n) is 5.58. The molecule has 2 heterocycles. The van der Waals surface area contributed by atoms with Crippen LogP contribution in [0.15, 0.2) is 83.3 Å². The van der Waals surface area contributed by atoms with Crippen molar-refractivity contribution in [3.05, 3.63) is 109 Å². The van der Waals surface area contributed by atoms with Crippen molar-refractivity contribution < 1.29 is 4.92 Å². The summed E-state index contributed by atoms with van der Waals surface area (Å²) in [5.41, 5.74) is 4.90. The molecule has 34 heavy (non-hydrogen) atoms. The molecular formula is C25H18Cl2N4O2S. The number of nitrogens with one attached hydrogen (secondary N) is 1. The van der Waals surface area contributed by atoms with Crippen LogP contribution in [-0.2, 0) is 13.0 Å². The number of H-pyrrole nitrogens is 1. The highest BCUT2D eigenvalue weighted by Crippen LogP contribution is 2.28. The maximum atomic E-state index is 11.1. The molecule has 0 atom stereocenters. The summed E-state index contributed by atoms with van der Waals surface area (Å²) in [6, 6.07) is 20.1. The molecule has 0 radical (unpaired) electrons. The van der Waals surface area contributed by atoms with Crippen LogP contribution in [0.2, 0.25) is 10.0 Å². The van der Waals surface area contributed by atoms with Crippen LogP contribution in [0.1, 0.15) is 5.56 Å². The lowest BCUT2D eigenvalue weighted by atomic mass is 10.1. The highest BCUT2D eigenvalue weighted by molar-refractivity contribution is 7.07. The number of aromatic nitrogens is 2. The van der Waals surface area contributed by atoms with Crippen molar-refractivity contribution in [3.63, 3.8) is 0 Å². The van der Waals surface area contributed by atoms with E-state index in [0.717, 1.165) is 28.0 Å². The van der Waals surface area contributed by atoms with Gasteiger partial charge in [0.05, 0.1) is 26.3 Å². The Morgan fingerprint density at radius 2 is 1.82 bits per heavy atom. The van der Waals surface area contributed by atoms with Gasteiger partial charge < -0.3 is 9.55 Å². The summed E-state index contributed by atoms with van der Waals surface area (Å²) in [6.45, 7) is 0.678. The maximum absolute atomic E-state index is 11.1. The predicted octanol–water partition coefficient (Wildman–Crippen LogP) is 7.39. The fourth-order valence-corrected chi connectivity index (χ4v) is 5.10. The molecule has 0 aliphatic heterocycles. The van der Waals surface area contributed by atoms with Crippen LogP contribution in [0.3, 0.4) is 0 Å². The van der Waals surface area contributed by atoms with Gasteiger partial charge in [-0.25, -0.2) is 4.99 Å². The van der Waals surface area contributed by atoms with Crippen LogP contribution in [-0.4, -0.2) is 14.5 Å². The van der Waals surface area contributed by atoms with Crippen molar-refractivity contribution in [2.45, 2.75) is 13.0 Å². The number of hydrogen-bond acceptors (Lipinski definition) is 4. The predicted molar refractivity (Wildman–Crippen MR) is 138 cm³/mol. The molecular weight excluding hydrogens is 491 g/mol. The lowest BCUT2D eigenvalue weighted by molar-refractivity contribution is -0.384. The fourth-order valence-electron chi connectivity index (χ4n) is 3.86. The monoisotopic (exact) mass is 508 g/mol. The second kappa shape index (κ2) is 9.46. The quantitative estimate of drug-likeness (QED) is 0.191. The molecule has 0 aliphatic rings. The SMILES string of the molecule is O=[N+]([O-])c1ccc(-c2csc(=Nc3ccc(Cl)c(Cl)c3)n2CCc2c[nH]c3ccccc23)cc1. The van der Waals surface area contributed by atoms with Crippen LogP contribution < -0.4 is 4.80 Å². The molecule has 170 valence electrons. The number of nitrogens with zero attached hydrogens (tertiary/aromatic N) is 3. The molecule has 9 heteroatoms. The first-order valence-electron chi connectivity index (χ1n) is 10.5. The summed E-state index contributed by atoms with van der Waals surface area (Å²) in [6.07, 6.45) is 2.83. The zero-order valence-corrected chi connectivity index (χ0v) is 20.1. The van der Waals surface area contributed by atoms with Gasteiger partial charge in [-0.15, -0.1) is 11.3 Å². The maximum Gasteiger partial charge on any atom is 0.269 e. The summed E-state index contributed by atoms with van der Waals surface area (Å²) in [7, 11) is 0. The van der Waals surface area contributed by atoms with Crippen molar-refractivity contribution in [2.24, 2.45) is 4.99 Å². The molecule has 0 bridgehead atoms. The highest BCUT2D eigenvalue weighted by atomic mass is 35.5. The Kier molecular flexibility index (Phi) is 6.24. The van der Waals surface area contributed by atoms with E-state index in [9.17, 15) is 10.1 Å². The first kappa shape index (κ1) is 22.4. The minimum atomic E-state index is -0.395. The van der Waals surface area contributed by atoms with Crippen molar-refractivity contribution >= 4 is 56.8 Å². The summed E-state index contributed by atoms with van der Waals surface area (Å²) in [5, 5.41) is 15.2. The van der Waals surface area contributed by atoms with Crippen LogP contribution >= 0.6 is 34.5 Å². The largest absolute Gasteiger partial charge is 0.361 e. The molecule has 2 aromatic heterocycles. The number of aromatic amines is 1. The number of thiazole rings is 1. The van der Waals surface area contributed by atoms with Crippen molar-refractivity contribution in [1.29, 1.82) is 0 Å². The van der Waals surface area contributed by atoms with Gasteiger partial charge in [-0.1, -0.05) is 41.4 Å². The number of benzene rings is 3. The molecule has 3 aromatic carbocycles. The van der Waals surface area contributed by atoms with E-state index in [4.69, 9.17) is 28.2 Å². The molecule has 5 aromatic rings. The normalized spacial score (nSPS) is 11.9. The van der Waals surface area contributed by atoms with Crippen LogP contribution in [0.5, 0.6) is 0 Å². The molecule has 0 saturated carbocycles. The highest BCUT2D eigenvalue weighted by Gasteiger charge is 2.12. The first-order chi connectivity index (χ1) is 16.5. The minimum Gasteiger partial charge on any atom is -0.361 e. The molecule has 1 N–H and O–H groups in total. The van der Waals surface area contributed by atoms with Crippen molar-refractivity contribution in [1.82, 2.24) is 9.55 Å². The van der Waals surface area contributed by atoms with Crippen molar-refractivity contribution in [3.8, 4) is 11.3 Å². The topological polar surface area (TPSA) is 76.2 Å². The number of nitro benzene ring substituents is 1. The van der Waals surface area contributed by atoms with Gasteiger partial charge in [0.15, 0.2) is 4.80 Å². The smallest absolute Gasteiger partial charge is 0.269 e. The van der Waals surface area contributed by atoms with E-state index in [1.165, 1.54) is 34.4 Å². The minimum absolute atomic E-state index is 0.0602. The Labute approximate surface area is 208 Å². The van der Waals surface area contributed by atoms with Crippen molar-refractivity contribution in [2.75, 3.05) is 0 Å². The van der Waals surface area contributed by atoms with Crippen LogP contribution in [0, 0.1) is 10.1 Å². The van der Waals surface area contributed by atoms with Crippen LogP contribution in [0.4, 0.5) is 11.4 Å². The number of halogens is 2. The number of fused-ring (bicyclic) bond motifs is 1. The van der Waals surface area contributed by atoms with Gasteiger partial charge in [0.2, 0.25) is 0 Å². The second-order valence-corrected chi connectivity index (χ2v) is 9.33. The van der Waals surface area contributed by atoms with Gasteiger partial charge in [0, 0.05) is 41.2 Å². The van der Waals surface area contributed by atoms with E-state index >= 15 is 0 Å². The van der Waals surface area contributed by atoms with Gasteiger partial charge in [-0.3, -0.25) is 10.1 Å². The zero-order valence-electron chi connectivity index (χ0n) is 17.7. The number of rotatable bonds is 6. The number of nitro groups is 1. The third kappa shape index (κ3) is 4.50. The van der Waals surface area contributed by atoms with Gasteiger partial charge in [0.1, 0.15) is 0 Å². The molecule has 6 nitrogen and oxygen atoms in total. The molecule has 0 unspecified atom stereocenters. The fraction of sp³-hybridized carbons (Fsp3) is 0.0800. The van der Waals surface area contributed by atoms with Gasteiger partial charge >= 0.3 is 0 Å². The lowest BCUT2D eigenvalue weighted by Crippen LogP contribution is -2.17. The van der Waals surface area contributed by atoms with E-state index in [1.807, 2.05) is 29.8 Å². The number of para-hydroxylation sites is 1. The summed E-state index contributed by atoms with van der Waals surface area (Å²) in [4.78, 5) is 19.6. The Bertz CT molecular complexity index is 1570. The van der Waals surface area contributed by atoms with E-state index in [1.54, 1.807) is 24.3 Å². The lowest BCUT2D eigenvalue weighted by Gasteiger charge is -2.09. The Morgan fingerprint density at radius 3 is 2.59 bits per heavy atom. The van der Waals surface area contributed by atoms with Crippen LogP contribution in [0.25, 0.3) is 22.2 Å². The molecule has 0 aliphatic carbocycles. The van der Waals surface area contributed by atoms with E-state index in [-0.39, 0.29) is 5.69 Å². The Morgan fingerprint density at radius 1 is 1.03 bits per heavy atom. The average molecular weight is 509 g/mol. The Hall–Kier alpha value is -3.39. The van der Waals surface area contributed by atoms with Gasteiger partial charge in [-0.2, -0.15) is 0 Å². The third-order valence-corrected chi connectivity index (χ3v) is 7.18. The Balaban J connectivity index is 1.57. The standard InChI is InChI=1S/C25H18Cl2N4O2S/c26-21-10-7-18(13-22(21)27)29-25-30(12-11-17-14-28-23-4-2-1-3-20(17)23)24(15-34-25)16-5-8-19(9-6-16)31(32)33/h1-10,13-15,28H,11-12H2. The molecule has 0 spiro atoms. The van der Waals surface area contributed by atoms with E-state index < -0.39 is 4.92 Å². The number of hydrogen-bond donors (Lipinski definition) is 1. The van der Waals surface area contributed by atoms with Gasteiger partial charge in [0.25, 0.3) is 5.69 Å². The summed E-state index contributed by atoms with van der Waals surface area (Å²) in [5.74, 6) is 0. The van der Waals surface area contributed by atoms with E-state index in [2.05, 4.69) is 21.7 Å². The summed E-state index contributed by atoms with van der Waals surface area (Å²) >= 11 is 13.8. The molecule has 5 rings (SSSR count). The second-order valence-electron chi connectivity index (χ2n) is 7.68. The molecule has 0 saturated heterocycles. The molecule has 0 amide bonds. The molecule has 0 fully saturated rings.